The summed E-state index contributed by atoms with van der Waals surface area (Å²) in [4.78, 5) is 0. The lowest BCUT2D eigenvalue weighted by atomic mass is 10.2. The molecule has 0 radical (unpaired) electrons. The van der Waals surface area contributed by atoms with Gasteiger partial charge in [0, 0.05) is 17.1 Å². The Morgan fingerprint density at radius 1 is 1.24 bits per heavy atom. The molecule has 0 spiro atoms. The first-order valence-corrected chi connectivity index (χ1v) is 7.93. The Bertz CT molecular complexity index is 661. The van der Waals surface area contributed by atoms with Crippen molar-refractivity contribution in [1.29, 1.82) is 0 Å². The van der Waals surface area contributed by atoms with Crippen molar-refractivity contribution >= 4 is 27.5 Å². The Hall–Kier alpha value is -1.10. The van der Waals surface area contributed by atoms with Crippen molar-refractivity contribution in [3.63, 3.8) is 0 Å². The number of hydrogen-bond donors (Lipinski definition) is 1. The number of nitrogens with one attached hydrogen (secondary N) is 1. The largest absolute Gasteiger partial charge is 0.456 e. The van der Waals surface area contributed by atoms with Gasteiger partial charge in [0.05, 0.1) is 5.02 Å². The summed E-state index contributed by atoms with van der Waals surface area (Å²) >= 11 is 9.50. The van der Waals surface area contributed by atoms with E-state index >= 15 is 0 Å². The smallest absolute Gasteiger partial charge is 0.146 e. The quantitative estimate of drug-likeness (QED) is 0.772. The van der Waals surface area contributed by atoms with Crippen molar-refractivity contribution in [2.24, 2.45) is 0 Å². The van der Waals surface area contributed by atoms with Crippen molar-refractivity contribution in [2.75, 3.05) is 0 Å². The predicted octanol–water partition coefficient (Wildman–Crippen LogP) is 5.29. The summed E-state index contributed by atoms with van der Waals surface area (Å²) in [5.41, 5.74) is 1.18. The highest BCUT2D eigenvalue weighted by molar-refractivity contribution is 9.10. The zero-order chi connectivity index (χ0) is 14.8. The molecule has 0 atom stereocenters. The molecule has 110 valence electrons. The molecule has 1 N–H and O–H groups in total. The SMILES string of the molecule is Fc1ccc(Oc2ccc(CNC3CC3)c(Br)c2)c(Cl)c1. The first-order chi connectivity index (χ1) is 10.1. The van der Waals surface area contributed by atoms with Gasteiger partial charge >= 0.3 is 0 Å². The van der Waals surface area contributed by atoms with E-state index in [0.717, 1.165) is 11.0 Å². The second-order valence-corrected chi connectivity index (χ2v) is 6.35. The fraction of sp³-hybridized carbons (Fsp3) is 0.250. The van der Waals surface area contributed by atoms with E-state index in [1.54, 1.807) is 0 Å². The molecule has 0 unspecified atom stereocenters. The van der Waals surface area contributed by atoms with Crippen LogP contribution in [0.25, 0.3) is 0 Å². The number of rotatable bonds is 5. The Morgan fingerprint density at radius 2 is 2.05 bits per heavy atom. The van der Waals surface area contributed by atoms with Crippen molar-refractivity contribution in [3.05, 3.63) is 57.3 Å². The molecule has 21 heavy (non-hydrogen) atoms. The highest BCUT2D eigenvalue weighted by Crippen LogP contribution is 2.32. The van der Waals surface area contributed by atoms with E-state index in [1.807, 2.05) is 18.2 Å². The number of halogens is 3. The third-order valence-corrected chi connectivity index (χ3v) is 4.34. The van der Waals surface area contributed by atoms with Crippen LogP contribution in [0.2, 0.25) is 5.02 Å². The summed E-state index contributed by atoms with van der Waals surface area (Å²) in [7, 11) is 0. The molecule has 0 aliphatic heterocycles. The minimum absolute atomic E-state index is 0.255. The Labute approximate surface area is 136 Å². The van der Waals surface area contributed by atoms with E-state index in [4.69, 9.17) is 16.3 Å². The maximum Gasteiger partial charge on any atom is 0.146 e. The van der Waals surface area contributed by atoms with Gasteiger partial charge in [0.25, 0.3) is 0 Å². The summed E-state index contributed by atoms with van der Waals surface area (Å²) in [6.45, 7) is 0.836. The maximum absolute atomic E-state index is 13.0. The fourth-order valence-corrected chi connectivity index (χ4v) is 2.67. The van der Waals surface area contributed by atoms with Gasteiger partial charge in [-0.05, 0) is 48.7 Å². The molecule has 0 saturated heterocycles. The fourth-order valence-electron chi connectivity index (χ4n) is 1.96. The van der Waals surface area contributed by atoms with Crippen LogP contribution < -0.4 is 10.1 Å². The standard InChI is InChI=1S/C16H14BrClFNO/c17-14-8-13(5-1-10(14)9-20-12-3-4-12)21-16-6-2-11(19)7-15(16)18/h1-2,5-8,12,20H,3-4,9H2. The van der Waals surface area contributed by atoms with Crippen LogP contribution in [0, 0.1) is 5.82 Å². The molecule has 2 nitrogen and oxygen atoms in total. The molecule has 1 fully saturated rings. The zero-order valence-electron chi connectivity index (χ0n) is 11.2. The van der Waals surface area contributed by atoms with Crippen LogP contribution >= 0.6 is 27.5 Å². The molecule has 2 aromatic carbocycles. The van der Waals surface area contributed by atoms with Crippen LogP contribution in [0.15, 0.2) is 40.9 Å². The van der Waals surface area contributed by atoms with E-state index in [2.05, 4.69) is 21.2 Å². The van der Waals surface area contributed by atoms with Gasteiger partial charge in [-0.2, -0.15) is 0 Å². The van der Waals surface area contributed by atoms with Gasteiger partial charge in [-0.3, -0.25) is 0 Å². The Morgan fingerprint density at radius 3 is 2.71 bits per heavy atom. The average Bonchev–Trinajstić information content (AvgIpc) is 3.25. The molecule has 0 amide bonds. The predicted molar refractivity (Wildman–Crippen MR) is 85.5 cm³/mol. The van der Waals surface area contributed by atoms with E-state index in [9.17, 15) is 4.39 Å². The van der Waals surface area contributed by atoms with Crippen molar-refractivity contribution in [2.45, 2.75) is 25.4 Å². The van der Waals surface area contributed by atoms with Crippen LogP contribution in [0.1, 0.15) is 18.4 Å². The molecule has 1 saturated carbocycles. The molecule has 1 aliphatic carbocycles. The zero-order valence-corrected chi connectivity index (χ0v) is 13.5. The van der Waals surface area contributed by atoms with E-state index in [0.29, 0.717) is 17.5 Å². The van der Waals surface area contributed by atoms with E-state index < -0.39 is 0 Å². The molecule has 0 heterocycles. The summed E-state index contributed by atoms with van der Waals surface area (Å²) in [5, 5.41) is 3.72. The van der Waals surface area contributed by atoms with Crippen molar-refractivity contribution in [1.82, 2.24) is 5.32 Å². The van der Waals surface area contributed by atoms with E-state index in [1.165, 1.54) is 36.6 Å². The molecular formula is C16H14BrClFNO. The van der Waals surface area contributed by atoms with Crippen molar-refractivity contribution in [3.8, 4) is 11.5 Å². The van der Waals surface area contributed by atoms with Crippen LogP contribution in [0.3, 0.4) is 0 Å². The first-order valence-electron chi connectivity index (χ1n) is 6.76. The van der Waals surface area contributed by atoms with Crippen LogP contribution in [0.5, 0.6) is 11.5 Å². The van der Waals surface area contributed by atoms with Gasteiger partial charge < -0.3 is 10.1 Å². The third kappa shape index (κ3) is 3.96. The van der Waals surface area contributed by atoms with E-state index in [-0.39, 0.29) is 10.8 Å². The minimum atomic E-state index is -0.380. The van der Waals surface area contributed by atoms with Gasteiger partial charge in [-0.1, -0.05) is 33.6 Å². The summed E-state index contributed by atoms with van der Waals surface area (Å²) < 4.78 is 19.7. The monoisotopic (exact) mass is 369 g/mol. The van der Waals surface area contributed by atoms with Crippen molar-refractivity contribution < 1.29 is 9.13 Å². The third-order valence-electron chi connectivity index (χ3n) is 3.30. The van der Waals surface area contributed by atoms with Gasteiger partial charge in [0.2, 0.25) is 0 Å². The van der Waals surface area contributed by atoms with Gasteiger partial charge in [-0.25, -0.2) is 4.39 Å². The average molecular weight is 371 g/mol. The Balaban J connectivity index is 1.71. The molecule has 0 aromatic heterocycles. The normalized spacial score (nSPS) is 14.2. The highest BCUT2D eigenvalue weighted by atomic mass is 79.9. The van der Waals surface area contributed by atoms with Gasteiger partial charge in [0.1, 0.15) is 17.3 Å². The lowest BCUT2D eigenvalue weighted by molar-refractivity contribution is 0.480. The minimum Gasteiger partial charge on any atom is -0.456 e. The van der Waals surface area contributed by atoms with Crippen LogP contribution in [-0.4, -0.2) is 6.04 Å². The summed E-state index contributed by atoms with van der Waals surface area (Å²) in [6.07, 6.45) is 2.53. The Kier molecular flexibility index (Phi) is 4.48. The summed E-state index contributed by atoms with van der Waals surface area (Å²) in [6, 6.07) is 10.5. The lowest BCUT2D eigenvalue weighted by Crippen LogP contribution is -2.15. The second kappa shape index (κ2) is 6.34. The number of benzene rings is 2. The molecule has 3 rings (SSSR count). The van der Waals surface area contributed by atoms with Crippen LogP contribution in [0.4, 0.5) is 4.39 Å². The molecular weight excluding hydrogens is 357 g/mol. The van der Waals surface area contributed by atoms with Gasteiger partial charge in [-0.15, -0.1) is 0 Å². The van der Waals surface area contributed by atoms with Crippen LogP contribution in [-0.2, 0) is 6.54 Å². The maximum atomic E-state index is 13.0. The highest BCUT2D eigenvalue weighted by Gasteiger charge is 2.20. The first kappa shape index (κ1) is 14.8. The topological polar surface area (TPSA) is 21.3 Å². The molecule has 1 aliphatic rings. The molecule has 0 bridgehead atoms. The second-order valence-electron chi connectivity index (χ2n) is 5.09. The lowest BCUT2D eigenvalue weighted by Gasteiger charge is -2.11. The number of ether oxygens (including phenoxy) is 1. The molecule has 5 heteroatoms. The molecule has 2 aromatic rings. The van der Waals surface area contributed by atoms with Gasteiger partial charge in [0.15, 0.2) is 0 Å². The number of hydrogen-bond acceptors (Lipinski definition) is 2. The summed E-state index contributed by atoms with van der Waals surface area (Å²) in [5.74, 6) is 0.717.